The summed E-state index contributed by atoms with van der Waals surface area (Å²) >= 11 is 4.02. The smallest absolute Gasteiger partial charge is 0.111 e. The Morgan fingerprint density at radius 2 is 1.71 bits per heavy atom. The van der Waals surface area contributed by atoms with Crippen LogP contribution in [-0.2, 0) is 4.74 Å². The monoisotopic (exact) mass is 222 g/mol. The van der Waals surface area contributed by atoms with Crippen molar-refractivity contribution in [3.8, 4) is 0 Å². The van der Waals surface area contributed by atoms with Gasteiger partial charge in [-0.1, -0.05) is 13.8 Å². The summed E-state index contributed by atoms with van der Waals surface area (Å²) < 4.78 is 5.46. The van der Waals surface area contributed by atoms with Gasteiger partial charge in [0.2, 0.25) is 0 Å². The van der Waals surface area contributed by atoms with E-state index in [0.29, 0.717) is 5.75 Å². The fraction of sp³-hybridized carbons (Fsp3) is 1.00. The Kier molecular flexibility index (Phi) is 4.21. The maximum atomic E-state index is 9.63. The Morgan fingerprint density at radius 3 is 2.14 bits per heavy atom. The van der Waals surface area contributed by atoms with Crippen LogP contribution in [0.3, 0.4) is 0 Å². The quantitative estimate of drug-likeness (QED) is 0.472. The van der Waals surface area contributed by atoms with E-state index in [0.717, 1.165) is 0 Å². The van der Waals surface area contributed by atoms with Crippen LogP contribution in [0, 0.1) is 5.92 Å². The lowest BCUT2D eigenvalue weighted by atomic mass is 9.90. The summed E-state index contributed by atoms with van der Waals surface area (Å²) in [5.74, 6) is 0.420. The summed E-state index contributed by atoms with van der Waals surface area (Å²) in [4.78, 5) is 0. The minimum atomic E-state index is -1.15. The van der Waals surface area contributed by atoms with Crippen LogP contribution in [0.4, 0.5) is 0 Å². The fourth-order valence-corrected chi connectivity index (χ4v) is 1.98. The molecule has 14 heavy (non-hydrogen) atoms. The molecule has 4 nitrogen and oxygen atoms in total. The molecule has 1 fully saturated rings. The molecular formula is C9H18O4S. The van der Waals surface area contributed by atoms with Crippen LogP contribution >= 0.6 is 12.6 Å². The molecule has 1 aliphatic rings. The lowest BCUT2D eigenvalue weighted by Crippen LogP contribution is -2.59. The van der Waals surface area contributed by atoms with Gasteiger partial charge in [0.05, 0.1) is 12.2 Å². The second kappa shape index (κ2) is 4.81. The van der Waals surface area contributed by atoms with Gasteiger partial charge in [-0.2, -0.15) is 12.6 Å². The van der Waals surface area contributed by atoms with Crippen LogP contribution in [-0.4, -0.2) is 51.6 Å². The summed E-state index contributed by atoms with van der Waals surface area (Å²) in [6.07, 6.45) is -4.18. The molecule has 0 aromatic carbocycles. The zero-order valence-electron chi connectivity index (χ0n) is 8.37. The number of thiol groups is 1. The van der Waals surface area contributed by atoms with Crippen molar-refractivity contribution in [3.63, 3.8) is 0 Å². The summed E-state index contributed by atoms with van der Waals surface area (Å²) in [5.41, 5.74) is 0. The first-order chi connectivity index (χ1) is 6.49. The lowest BCUT2D eigenvalue weighted by Gasteiger charge is -2.41. The van der Waals surface area contributed by atoms with Crippen molar-refractivity contribution in [1.29, 1.82) is 0 Å². The molecule has 1 aliphatic heterocycles. The summed E-state index contributed by atoms with van der Waals surface area (Å²) in [6, 6.07) is 0. The van der Waals surface area contributed by atoms with Gasteiger partial charge in [-0.25, -0.2) is 0 Å². The van der Waals surface area contributed by atoms with E-state index in [1.807, 2.05) is 13.8 Å². The highest BCUT2D eigenvalue weighted by molar-refractivity contribution is 7.80. The number of aliphatic hydroxyl groups excluding tert-OH is 3. The minimum absolute atomic E-state index is 0.0922. The maximum absolute atomic E-state index is 9.63. The molecule has 0 amide bonds. The van der Waals surface area contributed by atoms with E-state index in [1.54, 1.807) is 0 Å². The van der Waals surface area contributed by atoms with Crippen LogP contribution in [0.2, 0.25) is 0 Å². The van der Waals surface area contributed by atoms with Gasteiger partial charge in [0.1, 0.15) is 18.3 Å². The summed E-state index contributed by atoms with van der Waals surface area (Å²) in [5, 5.41) is 28.7. The predicted molar refractivity (Wildman–Crippen MR) is 55.4 cm³/mol. The maximum Gasteiger partial charge on any atom is 0.111 e. The molecule has 0 aliphatic carbocycles. The van der Waals surface area contributed by atoms with Crippen molar-refractivity contribution in [1.82, 2.24) is 0 Å². The van der Waals surface area contributed by atoms with Crippen molar-refractivity contribution < 1.29 is 20.1 Å². The number of hydrogen-bond acceptors (Lipinski definition) is 5. The van der Waals surface area contributed by atoms with E-state index in [4.69, 9.17) is 4.74 Å². The first-order valence-electron chi connectivity index (χ1n) is 4.79. The van der Waals surface area contributed by atoms with Gasteiger partial charge in [-0.15, -0.1) is 0 Å². The van der Waals surface area contributed by atoms with Gasteiger partial charge in [0, 0.05) is 5.75 Å². The van der Waals surface area contributed by atoms with E-state index in [-0.39, 0.29) is 5.92 Å². The third kappa shape index (κ3) is 2.23. The van der Waals surface area contributed by atoms with E-state index < -0.39 is 30.5 Å². The zero-order valence-corrected chi connectivity index (χ0v) is 9.26. The zero-order chi connectivity index (χ0) is 10.9. The number of hydrogen-bond donors (Lipinski definition) is 4. The molecule has 1 saturated heterocycles. The van der Waals surface area contributed by atoms with Gasteiger partial charge in [0.25, 0.3) is 0 Å². The standard InChI is InChI=1S/C9H18O4S/c1-4(2)9-8(12)7(11)6(10)5(3-14)13-9/h4-12,14H,3H2,1-2H3/t5?,6-,7+,8?,9+/m1/s1. The molecule has 3 N–H and O–H groups in total. The first kappa shape index (κ1) is 12.3. The van der Waals surface area contributed by atoms with E-state index >= 15 is 0 Å². The third-order valence-corrected chi connectivity index (χ3v) is 2.95. The second-order valence-electron chi connectivity index (χ2n) is 4.04. The van der Waals surface area contributed by atoms with Crippen molar-refractivity contribution in [3.05, 3.63) is 0 Å². The average Bonchev–Trinajstić information content (AvgIpc) is 2.14. The Bertz CT molecular complexity index is 186. The van der Waals surface area contributed by atoms with Crippen molar-refractivity contribution in [2.75, 3.05) is 5.75 Å². The molecule has 5 heteroatoms. The highest BCUT2D eigenvalue weighted by Crippen LogP contribution is 2.26. The van der Waals surface area contributed by atoms with Gasteiger partial charge in [-0.05, 0) is 5.92 Å². The molecule has 0 bridgehead atoms. The first-order valence-corrected chi connectivity index (χ1v) is 5.42. The van der Waals surface area contributed by atoms with Crippen molar-refractivity contribution in [2.24, 2.45) is 5.92 Å². The molecule has 0 aromatic heterocycles. The van der Waals surface area contributed by atoms with Gasteiger partial charge < -0.3 is 20.1 Å². The fourth-order valence-electron chi connectivity index (χ4n) is 1.68. The minimum Gasteiger partial charge on any atom is -0.388 e. The van der Waals surface area contributed by atoms with Crippen LogP contribution < -0.4 is 0 Å². The van der Waals surface area contributed by atoms with Crippen LogP contribution in [0.5, 0.6) is 0 Å². The predicted octanol–water partition coefficient (Wildman–Crippen LogP) is -0.578. The number of rotatable bonds is 2. The molecule has 0 aromatic rings. The molecule has 84 valence electrons. The lowest BCUT2D eigenvalue weighted by molar-refractivity contribution is -0.225. The van der Waals surface area contributed by atoms with Crippen molar-refractivity contribution >= 4 is 12.6 Å². The summed E-state index contributed by atoms with van der Waals surface area (Å²) in [7, 11) is 0. The SMILES string of the molecule is CC(C)[C@@H]1OC(CS)[C@@H](O)[C@H](O)C1O. The van der Waals surface area contributed by atoms with Crippen LogP contribution in [0.25, 0.3) is 0 Å². The number of aliphatic hydroxyl groups is 3. The van der Waals surface area contributed by atoms with E-state index in [2.05, 4.69) is 12.6 Å². The molecule has 0 spiro atoms. The molecule has 1 rings (SSSR count). The normalized spacial score (nSPS) is 44.4. The number of ether oxygens (including phenoxy) is 1. The van der Waals surface area contributed by atoms with E-state index in [9.17, 15) is 15.3 Å². The molecule has 2 unspecified atom stereocenters. The highest BCUT2D eigenvalue weighted by Gasteiger charge is 2.43. The average molecular weight is 222 g/mol. The topological polar surface area (TPSA) is 69.9 Å². The Hall–Kier alpha value is 0.190. The molecule has 1 heterocycles. The largest absolute Gasteiger partial charge is 0.388 e. The van der Waals surface area contributed by atoms with Gasteiger partial charge in [-0.3, -0.25) is 0 Å². The Labute approximate surface area is 89.3 Å². The van der Waals surface area contributed by atoms with E-state index in [1.165, 1.54) is 0 Å². The third-order valence-electron chi connectivity index (χ3n) is 2.59. The van der Waals surface area contributed by atoms with Gasteiger partial charge in [0.15, 0.2) is 0 Å². The van der Waals surface area contributed by atoms with Crippen LogP contribution in [0.15, 0.2) is 0 Å². The highest BCUT2D eigenvalue weighted by atomic mass is 32.1. The molecular weight excluding hydrogens is 204 g/mol. The van der Waals surface area contributed by atoms with Crippen molar-refractivity contribution in [2.45, 2.75) is 44.4 Å². The van der Waals surface area contributed by atoms with Crippen LogP contribution in [0.1, 0.15) is 13.8 Å². The Balaban J connectivity index is 2.73. The molecule has 0 saturated carbocycles. The second-order valence-corrected chi connectivity index (χ2v) is 4.40. The Morgan fingerprint density at radius 1 is 1.14 bits per heavy atom. The van der Waals surface area contributed by atoms with Gasteiger partial charge >= 0.3 is 0 Å². The summed E-state index contributed by atoms with van der Waals surface area (Å²) in [6.45, 7) is 3.79. The molecule has 0 radical (unpaired) electrons. The molecule has 5 atom stereocenters.